The highest BCUT2D eigenvalue weighted by Crippen LogP contribution is 2.29. The molecule has 1 saturated heterocycles. The van der Waals surface area contributed by atoms with Crippen molar-refractivity contribution in [3.05, 3.63) is 48.0 Å². The minimum atomic E-state index is -0.219. The predicted octanol–water partition coefficient (Wildman–Crippen LogP) is 3.77. The van der Waals surface area contributed by atoms with Crippen LogP contribution in [0.4, 0.5) is 5.69 Å². The van der Waals surface area contributed by atoms with Crippen LogP contribution in [0.1, 0.15) is 30.1 Å². The molecule has 2 aromatic carbocycles. The minimum absolute atomic E-state index is 0.0625. The molecule has 0 saturated carbocycles. The Hall–Kier alpha value is -3.37. The topological polar surface area (TPSA) is 116 Å². The van der Waals surface area contributed by atoms with Gasteiger partial charge in [0.05, 0.1) is 31.2 Å². The van der Waals surface area contributed by atoms with Crippen molar-refractivity contribution < 1.29 is 24.2 Å². The Balaban J connectivity index is 1.53. The third-order valence-corrected chi connectivity index (χ3v) is 6.39. The van der Waals surface area contributed by atoms with E-state index in [9.17, 15) is 14.7 Å². The monoisotopic (exact) mass is 482 g/mol. The molecule has 1 aliphatic rings. The summed E-state index contributed by atoms with van der Waals surface area (Å²) in [4.78, 5) is 24.3. The summed E-state index contributed by atoms with van der Waals surface area (Å²) in [5.41, 5.74) is 1.80. The molecule has 0 aliphatic carbocycles. The lowest BCUT2D eigenvalue weighted by Gasteiger charge is -2.15. The second kappa shape index (κ2) is 10.7. The van der Waals surface area contributed by atoms with Crippen molar-refractivity contribution in [2.24, 2.45) is 0 Å². The number of rotatable bonds is 9. The minimum Gasteiger partial charge on any atom is -0.508 e. The van der Waals surface area contributed by atoms with Crippen molar-refractivity contribution in [3.8, 4) is 22.9 Å². The summed E-state index contributed by atoms with van der Waals surface area (Å²) in [5.74, 6) is 1.09. The number of carbonyl (C=O) groups excluding carboxylic acids is 2. The Morgan fingerprint density at radius 3 is 2.71 bits per heavy atom. The molecule has 0 radical (unpaired) electrons. The standard InChI is InChI=1S/C24H26N4O5S/c1-15(29)25-20-10-7-17(12-22(20)32-2)21(31)14-34-24-27-26-23(16-5-8-18(30)9-6-16)28(24)13-19-4-3-11-33-19/h5-10,12,19,30H,3-4,11,13-14H2,1-2H3,(H,25,29)/t19-/m0/s1. The van der Waals surface area contributed by atoms with E-state index in [1.54, 1.807) is 42.5 Å². The number of Topliss-reactive ketones (excluding diaryl/α,β-unsaturated/α-hetero) is 1. The molecule has 1 fully saturated rings. The van der Waals surface area contributed by atoms with Crippen molar-refractivity contribution in [2.45, 2.75) is 37.6 Å². The Bertz CT molecular complexity index is 1170. The molecule has 3 aromatic rings. The molecule has 34 heavy (non-hydrogen) atoms. The molecule has 1 amide bonds. The van der Waals surface area contributed by atoms with Gasteiger partial charge in [-0.3, -0.25) is 14.2 Å². The molecule has 1 atom stereocenters. The van der Waals surface area contributed by atoms with E-state index in [1.807, 2.05) is 4.57 Å². The average Bonchev–Trinajstić information content (AvgIpc) is 3.48. The van der Waals surface area contributed by atoms with Gasteiger partial charge in [0.1, 0.15) is 11.5 Å². The number of amides is 1. The lowest BCUT2D eigenvalue weighted by Crippen LogP contribution is -2.17. The van der Waals surface area contributed by atoms with Gasteiger partial charge in [-0.2, -0.15) is 0 Å². The van der Waals surface area contributed by atoms with Crippen LogP contribution in [0.15, 0.2) is 47.6 Å². The summed E-state index contributed by atoms with van der Waals surface area (Å²) in [5, 5.41) is 21.6. The number of nitrogens with one attached hydrogen (secondary N) is 1. The number of aromatic hydroxyl groups is 1. The zero-order valence-electron chi connectivity index (χ0n) is 19.0. The number of nitrogens with zero attached hydrogens (tertiary/aromatic N) is 3. The Morgan fingerprint density at radius 1 is 1.24 bits per heavy atom. The zero-order chi connectivity index (χ0) is 24.1. The number of anilines is 1. The summed E-state index contributed by atoms with van der Waals surface area (Å²) in [6.45, 7) is 2.73. The van der Waals surface area contributed by atoms with Crippen molar-refractivity contribution in [1.82, 2.24) is 14.8 Å². The van der Waals surface area contributed by atoms with Gasteiger partial charge in [-0.15, -0.1) is 10.2 Å². The molecule has 178 valence electrons. The van der Waals surface area contributed by atoms with E-state index in [4.69, 9.17) is 9.47 Å². The number of carbonyl (C=O) groups is 2. The predicted molar refractivity (Wildman–Crippen MR) is 128 cm³/mol. The van der Waals surface area contributed by atoms with Crippen LogP contribution in [0.5, 0.6) is 11.5 Å². The molecular formula is C24H26N4O5S. The third kappa shape index (κ3) is 5.57. The van der Waals surface area contributed by atoms with Gasteiger partial charge in [-0.1, -0.05) is 11.8 Å². The second-order valence-electron chi connectivity index (χ2n) is 7.91. The second-order valence-corrected chi connectivity index (χ2v) is 8.85. The number of ketones is 1. The first kappa shape index (κ1) is 23.8. The smallest absolute Gasteiger partial charge is 0.221 e. The van der Waals surface area contributed by atoms with Crippen LogP contribution in [0, 0.1) is 0 Å². The van der Waals surface area contributed by atoms with E-state index in [1.165, 1.54) is 25.8 Å². The molecule has 1 aromatic heterocycles. The molecule has 0 bridgehead atoms. The zero-order valence-corrected chi connectivity index (χ0v) is 19.8. The van der Waals surface area contributed by atoms with Gasteiger partial charge >= 0.3 is 0 Å². The maximum absolute atomic E-state index is 12.9. The number of phenols is 1. The summed E-state index contributed by atoms with van der Waals surface area (Å²) < 4.78 is 13.1. The van der Waals surface area contributed by atoms with Gasteiger partial charge in [-0.25, -0.2) is 0 Å². The molecule has 2 N–H and O–H groups in total. The van der Waals surface area contributed by atoms with Crippen LogP contribution in [-0.2, 0) is 16.1 Å². The highest BCUT2D eigenvalue weighted by Gasteiger charge is 2.22. The van der Waals surface area contributed by atoms with Crippen LogP contribution >= 0.6 is 11.8 Å². The molecule has 2 heterocycles. The quantitative estimate of drug-likeness (QED) is 0.350. The lowest BCUT2D eigenvalue weighted by molar-refractivity contribution is -0.114. The van der Waals surface area contributed by atoms with Crippen molar-refractivity contribution in [3.63, 3.8) is 0 Å². The highest BCUT2D eigenvalue weighted by atomic mass is 32.2. The third-order valence-electron chi connectivity index (χ3n) is 5.42. The van der Waals surface area contributed by atoms with Crippen molar-refractivity contribution in [2.75, 3.05) is 24.8 Å². The van der Waals surface area contributed by atoms with Gasteiger partial charge in [0.15, 0.2) is 16.8 Å². The largest absolute Gasteiger partial charge is 0.508 e. The number of aromatic nitrogens is 3. The SMILES string of the molecule is COc1cc(C(=O)CSc2nnc(-c3ccc(O)cc3)n2C[C@@H]2CCCO2)ccc1NC(C)=O. The van der Waals surface area contributed by atoms with Crippen molar-refractivity contribution >= 4 is 29.1 Å². The number of ether oxygens (including phenoxy) is 2. The average molecular weight is 483 g/mol. The number of hydrogen-bond acceptors (Lipinski definition) is 8. The number of thioether (sulfide) groups is 1. The summed E-state index contributed by atoms with van der Waals surface area (Å²) in [7, 11) is 1.49. The maximum Gasteiger partial charge on any atom is 0.221 e. The Morgan fingerprint density at radius 2 is 2.03 bits per heavy atom. The normalized spacial score (nSPS) is 15.3. The molecule has 0 unspecified atom stereocenters. The van der Waals surface area contributed by atoms with Crippen molar-refractivity contribution in [1.29, 1.82) is 0 Å². The number of phenolic OH excluding ortho intramolecular Hbond substituents is 1. The number of hydrogen-bond donors (Lipinski definition) is 2. The van der Waals surface area contributed by atoms with E-state index in [2.05, 4.69) is 15.5 Å². The maximum atomic E-state index is 12.9. The van der Waals surface area contributed by atoms with E-state index in [0.29, 0.717) is 34.5 Å². The molecule has 0 spiro atoms. The molecule has 1 aliphatic heterocycles. The number of benzene rings is 2. The first-order chi connectivity index (χ1) is 16.4. The molecule has 9 nitrogen and oxygen atoms in total. The number of methoxy groups -OCH3 is 1. The lowest BCUT2D eigenvalue weighted by atomic mass is 10.1. The van der Waals surface area contributed by atoms with Gasteiger partial charge in [0.25, 0.3) is 0 Å². The van der Waals surface area contributed by atoms with E-state index in [-0.39, 0.29) is 29.3 Å². The van der Waals surface area contributed by atoms with Gasteiger partial charge in [-0.05, 0) is 55.3 Å². The van der Waals surface area contributed by atoms with Crippen LogP contribution in [0.25, 0.3) is 11.4 Å². The highest BCUT2D eigenvalue weighted by molar-refractivity contribution is 7.99. The van der Waals surface area contributed by atoms with Crippen LogP contribution in [0.2, 0.25) is 0 Å². The van der Waals surface area contributed by atoms with E-state index < -0.39 is 0 Å². The van der Waals surface area contributed by atoms with E-state index >= 15 is 0 Å². The van der Waals surface area contributed by atoms with Gasteiger partial charge in [0.2, 0.25) is 5.91 Å². The fraction of sp³-hybridized carbons (Fsp3) is 0.333. The molecular weight excluding hydrogens is 456 g/mol. The van der Waals surface area contributed by atoms with Crippen LogP contribution in [-0.4, -0.2) is 57.1 Å². The first-order valence-corrected chi connectivity index (χ1v) is 11.9. The Kier molecular flexibility index (Phi) is 7.49. The summed E-state index contributed by atoms with van der Waals surface area (Å²) in [6, 6.07) is 11.7. The molecule has 10 heteroatoms. The summed E-state index contributed by atoms with van der Waals surface area (Å²) in [6.07, 6.45) is 2.03. The fourth-order valence-electron chi connectivity index (χ4n) is 3.75. The van der Waals surface area contributed by atoms with Crippen LogP contribution in [0.3, 0.4) is 0 Å². The molecule has 4 rings (SSSR count). The van der Waals surface area contributed by atoms with Gasteiger partial charge < -0.3 is 19.9 Å². The van der Waals surface area contributed by atoms with Crippen LogP contribution < -0.4 is 10.1 Å². The van der Waals surface area contributed by atoms with Gasteiger partial charge in [0, 0.05) is 24.7 Å². The first-order valence-electron chi connectivity index (χ1n) is 10.9. The van der Waals surface area contributed by atoms with E-state index in [0.717, 1.165) is 25.0 Å². The summed E-state index contributed by atoms with van der Waals surface area (Å²) >= 11 is 1.30. The Labute approximate surface area is 201 Å². The fourth-order valence-corrected chi connectivity index (χ4v) is 4.59.